The van der Waals surface area contributed by atoms with Crippen LogP contribution in [-0.2, 0) is 9.84 Å². The molecule has 0 bridgehead atoms. The number of imidazole rings is 1. The van der Waals surface area contributed by atoms with E-state index < -0.39 is 9.84 Å². The molecule has 0 aliphatic heterocycles. The Morgan fingerprint density at radius 1 is 1.03 bits per heavy atom. The zero-order valence-corrected chi connectivity index (χ0v) is 17.3. The lowest BCUT2D eigenvalue weighted by Crippen LogP contribution is -1.98. The third kappa shape index (κ3) is 4.04. The van der Waals surface area contributed by atoms with Gasteiger partial charge in [-0.3, -0.25) is 9.83 Å². The Morgan fingerprint density at radius 3 is 2.43 bits per heavy atom. The average molecular weight is 420 g/mol. The van der Waals surface area contributed by atoms with Crippen LogP contribution >= 0.6 is 0 Å². The molecule has 0 radical (unpaired) electrons. The third-order valence-electron chi connectivity index (χ3n) is 4.59. The smallest absolute Gasteiger partial charge is 0.175 e. The van der Waals surface area contributed by atoms with Gasteiger partial charge in [0.1, 0.15) is 11.4 Å². The first-order valence-electron chi connectivity index (χ1n) is 9.16. The molecule has 2 aromatic heterocycles. The molecule has 4 aromatic rings. The zero-order valence-electron chi connectivity index (χ0n) is 16.5. The highest BCUT2D eigenvalue weighted by molar-refractivity contribution is 7.90. The van der Waals surface area contributed by atoms with Gasteiger partial charge in [-0.05, 0) is 48.5 Å². The van der Waals surface area contributed by atoms with Crippen molar-refractivity contribution in [2.45, 2.75) is 4.90 Å². The molecule has 2 heterocycles. The predicted octanol–water partition coefficient (Wildman–Crippen LogP) is 3.86. The molecule has 8 heteroatoms. The maximum Gasteiger partial charge on any atom is 0.175 e. The van der Waals surface area contributed by atoms with Crippen molar-refractivity contribution in [1.82, 2.24) is 9.38 Å². The Labute approximate surface area is 174 Å². The second-order valence-electron chi connectivity index (χ2n) is 6.67. The molecule has 0 unspecified atom stereocenters. The summed E-state index contributed by atoms with van der Waals surface area (Å²) in [6, 6.07) is 19.9. The molecule has 0 fully saturated rings. The summed E-state index contributed by atoms with van der Waals surface area (Å²) in [7, 11) is -1.64. The summed E-state index contributed by atoms with van der Waals surface area (Å²) in [6.45, 7) is 0. The Kier molecular flexibility index (Phi) is 5.24. The summed E-state index contributed by atoms with van der Waals surface area (Å²) in [5.41, 5.74) is 6.88. The van der Waals surface area contributed by atoms with E-state index in [0.29, 0.717) is 5.69 Å². The molecule has 0 aliphatic rings. The summed E-state index contributed by atoms with van der Waals surface area (Å²) < 4.78 is 30.6. The number of fused-ring (bicyclic) bond motifs is 1. The maximum absolute atomic E-state index is 11.7. The Hall–Kier alpha value is -3.65. The van der Waals surface area contributed by atoms with Crippen LogP contribution in [0.2, 0.25) is 0 Å². The fourth-order valence-corrected chi connectivity index (χ4v) is 3.67. The van der Waals surface area contributed by atoms with Gasteiger partial charge in [0, 0.05) is 18.0 Å². The van der Waals surface area contributed by atoms with Crippen molar-refractivity contribution in [2.75, 3.05) is 18.8 Å². The monoisotopic (exact) mass is 420 g/mol. The van der Waals surface area contributed by atoms with Gasteiger partial charge < -0.3 is 4.74 Å². The number of benzene rings is 2. The van der Waals surface area contributed by atoms with E-state index in [-0.39, 0.29) is 4.90 Å². The molecule has 4 rings (SSSR count). The van der Waals surface area contributed by atoms with Crippen molar-refractivity contribution in [1.29, 1.82) is 0 Å². The van der Waals surface area contributed by atoms with Crippen LogP contribution in [0.3, 0.4) is 0 Å². The molecule has 0 saturated heterocycles. The normalized spacial score (nSPS) is 11.8. The second kappa shape index (κ2) is 8.00. The third-order valence-corrected chi connectivity index (χ3v) is 5.72. The number of rotatable bonds is 6. The summed E-state index contributed by atoms with van der Waals surface area (Å²) in [5.74, 6) is 0.770. The van der Waals surface area contributed by atoms with Gasteiger partial charge >= 0.3 is 0 Å². The van der Waals surface area contributed by atoms with E-state index in [2.05, 4.69) is 10.5 Å². The number of hydrogen-bond donors (Lipinski definition) is 1. The van der Waals surface area contributed by atoms with Crippen LogP contribution in [0.1, 0.15) is 5.69 Å². The SMILES string of the molecule is COc1ccc(N/N=C/c2c(-c3ccc(S(C)(=O)=O)cc3)nc3ccccn23)cc1. The minimum Gasteiger partial charge on any atom is -0.497 e. The maximum atomic E-state index is 11.7. The van der Waals surface area contributed by atoms with Gasteiger partial charge in [-0.25, -0.2) is 13.4 Å². The summed E-state index contributed by atoms with van der Waals surface area (Å²) >= 11 is 0. The lowest BCUT2D eigenvalue weighted by molar-refractivity contribution is 0.415. The first-order valence-corrected chi connectivity index (χ1v) is 11.1. The minimum atomic E-state index is -3.26. The van der Waals surface area contributed by atoms with Crippen molar-refractivity contribution >= 4 is 27.4 Å². The molecule has 2 aromatic carbocycles. The van der Waals surface area contributed by atoms with E-state index in [4.69, 9.17) is 9.72 Å². The molecule has 0 spiro atoms. The predicted molar refractivity (Wildman–Crippen MR) is 118 cm³/mol. The number of sulfone groups is 1. The highest BCUT2D eigenvalue weighted by Crippen LogP contribution is 2.25. The fourth-order valence-electron chi connectivity index (χ4n) is 3.04. The number of hydrazone groups is 1. The topological polar surface area (TPSA) is 85.1 Å². The summed E-state index contributed by atoms with van der Waals surface area (Å²) in [6.07, 6.45) is 4.80. The number of pyridine rings is 1. The van der Waals surface area contributed by atoms with Crippen molar-refractivity contribution in [3.05, 3.63) is 78.6 Å². The highest BCUT2D eigenvalue weighted by atomic mass is 32.2. The average Bonchev–Trinajstić information content (AvgIpc) is 3.12. The van der Waals surface area contributed by atoms with Gasteiger partial charge in [0.15, 0.2) is 9.84 Å². The number of ether oxygens (including phenoxy) is 1. The largest absolute Gasteiger partial charge is 0.497 e. The van der Waals surface area contributed by atoms with E-state index in [9.17, 15) is 8.42 Å². The number of anilines is 1. The van der Waals surface area contributed by atoms with Gasteiger partial charge in [-0.1, -0.05) is 18.2 Å². The van der Waals surface area contributed by atoms with E-state index in [1.54, 1.807) is 37.6 Å². The van der Waals surface area contributed by atoms with E-state index in [0.717, 1.165) is 28.3 Å². The van der Waals surface area contributed by atoms with Crippen LogP contribution in [-0.4, -0.2) is 37.4 Å². The van der Waals surface area contributed by atoms with Crippen LogP contribution < -0.4 is 10.2 Å². The van der Waals surface area contributed by atoms with E-state index in [1.807, 2.05) is 53.1 Å². The second-order valence-corrected chi connectivity index (χ2v) is 8.69. The molecular formula is C22H20N4O3S. The number of methoxy groups -OCH3 is 1. The Balaban J connectivity index is 1.69. The molecular weight excluding hydrogens is 400 g/mol. The van der Waals surface area contributed by atoms with Gasteiger partial charge in [-0.2, -0.15) is 5.10 Å². The van der Waals surface area contributed by atoms with Crippen molar-refractivity contribution in [2.24, 2.45) is 5.10 Å². The van der Waals surface area contributed by atoms with Gasteiger partial charge in [-0.15, -0.1) is 0 Å². The first kappa shape index (κ1) is 19.7. The lowest BCUT2D eigenvalue weighted by Gasteiger charge is -2.04. The van der Waals surface area contributed by atoms with Gasteiger partial charge in [0.25, 0.3) is 0 Å². The standard InChI is InChI=1S/C22H20N4O3S/c1-29-18-10-8-17(9-11-18)25-23-15-20-22(24-21-5-3-4-14-26(20)21)16-6-12-19(13-7-16)30(2,27)28/h3-15,25H,1-2H3/b23-15+. The number of aromatic nitrogens is 2. The molecule has 0 amide bonds. The highest BCUT2D eigenvalue weighted by Gasteiger charge is 2.14. The van der Waals surface area contributed by atoms with Gasteiger partial charge in [0.2, 0.25) is 0 Å². The Bertz CT molecular complexity index is 1310. The molecule has 152 valence electrons. The summed E-state index contributed by atoms with van der Waals surface area (Å²) in [5, 5.41) is 4.36. The number of nitrogens with zero attached hydrogens (tertiary/aromatic N) is 3. The Morgan fingerprint density at radius 2 is 1.77 bits per heavy atom. The molecule has 0 aliphatic carbocycles. The zero-order chi connectivity index (χ0) is 21.1. The minimum absolute atomic E-state index is 0.270. The van der Waals surface area contributed by atoms with Gasteiger partial charge in [0.05, 0.1) is 35.3 Å². The quantitative estimate of drug-likeness (QED) is 0.378. The van der Waals surface area contributed by atoms with Crippen LogP contribution in [0.25, 0.3) is 16.9 Å². The number of hydrogen-bond acceptors (Lipinski definition) is 6. The van der Waals surface area contributed by atoms with E-state index >= 15 is 0 Å². The van der Waals surface area contributed by atoms with Crippen molar-refractivity contribution in [3.63, 3.8) is 0 Å². The van der Waals surface area contributed by atoms with Crippen LogP contribution in [0, 0.1) is 0 Å². The summed E-state index contributed by atoms with van der Waals surface area (Å²) in [4.78, 5) is 4.97. The van der Waals surface area contributed by atoms with Crippen LogP contribution in [0.15, 0.2) is 82.9 Å². The molecule has 1 N–H and O–H groups in total. The van der Waals surface area contributed by atoms with Crippen LogP contribution in [0.4, 0.5) is 5.69 Å². The first-order chi connectivity index (χ1) is 14.5. The fraction of sp³-hybridized carbons (Fsp3) is 0.0909. The molecule has 0 atom stereocenters. The lowest BCUT2D eigenvalue weighted by atomic mass is 10.1. The molecule has 7 nitrogen and oxygen atoms in total. The van der Waals surface area contributed by atoms with Crippen LogP contribution in [0.5, 0.6) is 5.75 Å². The van der Waals surface area contributed by atoms with E-state index in [1.165, 1.54) is 6.26 Å². The van der Waals surface area contributed by atoms with Crippen molar-refractivity contribution < 1.29 is 13.2 Å². The number of nitrogens with one attached hydrogen (secondary N) is 1. The molecule has 0 saturated carbocycles. The van der Waals surface area contributed by atoms with Crippen molar-refractivity contribution in [3.8, 4) is 17.0 Å². The molecule has 30 heavy (non-hydrogen) atoms.